The van der Waals surface area contributed by atoms with Gasteiger partial charge in [0.2, 0.25) is 0 Å². The molecule has 0 aliphatic carbocycles. The minimum atomic E-state index is -0.227. The van der Waals surface area contributed by atoms with Gasteiger partial charge in [-0.2, -0.15) is 0 Å². The zero-order valence-electron chi connectivity index (χ0n) is 9.58. The fourth-order valence-corrected chi connectivity index (χ4v) is 1.91. The molecule has 0 unspecified atom stereocenters. The molecule has 1 aromatic carbocycles. The molecule has 0 aromatic heterocycles. The second-order valence-corrected chi connectivity index (χ2v) is 3.93. The van der Waals surface area contributed by atoms with E-state index in [2.05, 4.69) is 9.98 Å². The van der Waals surface area contributed by atoms with E-state index in [1.165, 1.54) is 6.08 Å². The molecule has 0 atom stereocenters. The number of benzene rings is 1. The Bertz CT molecular complexity index is 749. The van der Waals surface area contributed by atoms with E-state index in [-0.39, 0.29) is 5.91 Å². The number of allylic oxidation sites excluding steroid dienone is 4. The molecule has 1 aromatic rings. The number of aliphatic imine (C=N–C) groups is 1. The van der Waals surface area contributed by atoms with Gasteiger partial charge in [0.15, 0.2) is 0 Å². The summed E-state index contributed by atoms with van der Waals surface area (Å²) in [5, 5.41) is 1.57. The van der Waals surface area contributed by atoms with Gasteiger partial charge in [0, 0.05) is 23.1 Å². The van der Waals surface area contributed by atoms with Crippen LogP contribution < -0.4 is 10.6 Å². The lowest BCUT2D eigenvalue weighted by Crippen LogP contribution is -2.30. The zero-order chi connectivity index (χ0) is 12.4. The fourth-order valence-electron chi connectivity index (χ4n) is 1.91. The largest absolute Gasteiger partial charge is 0.270 e. The molecule has 3 nitrogen and oxygen atoms in total. The van der Waals surface area contributed by atoms with E-state index >= 15 is 0 Å². The van der Waals surface area contributed by atoms with Gasteiger partial charge >= 0.3 is 0 Å². The molecule has 3 heteroatoms. The van der Waals surface area contributed by atoms with E-state index < -0.39 is 0 Å². The molecule has 0 spiro atoms. The van der Waals surface area contributed by atoms with Gasteiger partial charge in [0.25, 0.3) is 5.91 Å². The van der Waals surface area contributed by atoms with Crippen LogP contribution in [0.2, 0.25) is 0 Å². The summed E-state index contributed by atoms with van der Waals surface area (Å²) in [6, 6.07) is 3.86. The number of nitrogens with zero attached hydrogens (tertiary/aromatic N) is 2. The topological polar surface area (TPSA) is 41.8 Å². The number of carbonyl (C=O) groups excluding carboxylic acids is 1. The fraction of sp³-hybridized carbons (Fsp3) is 0. The Morgan fingerprint density at radius 2 is 1.83 bits per heavy atom. The average molecular weight is 234 g/mol. The van der Waals surface area contributed by atoms with Crippen molar-refractivity contribution in [3.8, 4) is 0 Å². The van der Waals surface area contributed by atoms with Crippen LogP contribution in [0.4, 0.5) is 5.69 Å². The molecule has 0 saturated carbocycles. The van der Waals surface area contributed by atoms with E-state index in [1.807, 2.05) is 42.5 Å². The summed E-state index contributed by atoms with van der Waals surface area (Å²) in [6.45, 7) is 0. The Balaban J connectivity index is 2.40. The number of rotatable bonds is 0. The van der Waals surface area contributed by atoms with Gasteiger partial charge in [0.1, 0.15) is 0 Å². The minimum Gasteiger partial charge on any atom is -0.267 e. The van der Waals surface area contributed by atoms with Crippen LogP contribution in [0.25, 0.3) is 12.2 Å². The Hall–Kier alpha value is -2.55. The number of carbonyl (C=O) groups is 1. The molecule has 0 radical (unpaired) electrons. The molecule has 0 fully saturated rings. The molecule has 86 valence electrons. The molecule has 18 heavy (non-hydrogen) atoms. The summed E-state index contributed by atoms with van der Waals surface area (Å²) >= 11 is 0. The lowest BCUT2D eigenvalue weighted by atomic mass is 10.1. The molecule has 0 N–H and O–H groups in total. The zero-order valence-corrected chi connectivity index (χ0v) is 9.58. The first-order chi connectivity index (χ1) is 8.84. The van der Waals surface area contributed by atoms with Crippen molar-refractivity contribution in [2.45, 2.75) is 0 Å². The van der Waals surface area contributed by atoms with Gasteiger partial charge in [-0.1, -0.05) is 30.4 Å². The van der Waals surface area contributed by atoms with Gasteiger partial charge < -0.3 is 0 Å². The Morgan fingerprint density at radius 3 is 2.78 bits per heavy atom. The quantitative estimate of drug-likeness (QED) is 0.670. The highest BCUT2D eigenvalue weighted by molar-refractivity contribution is 5.94. The van der Waals surface area contributed by atoms with Crippen LogP contribution in [0.5, 0.6) is 0 Å². The highest BCUT2D eigenvalue weighted by atomic mass is 16.1. The SMILES string of the molecule is O=C1C=Cc2ccc3\c(c2=N1)=C/C=C\C=C/C=N3. The summed E-state index contributed by atoms with van der Waals surface area (Å²) in [5.41, 5.74) is 1.76. The predicted molar refractivity (Wildman–Crippen MR) is 72.2 cm³/mol. The first-order valence-electron chi connectivity index (χ1n) is 5.66. The van der Waals surface area contributed by atoms with E-state index in [0.717, 1.165) is 16.5 Å². The Labute approximate surface area is 104 Å². The van der Waals surface area contributed by atoms with E-state index in [1.54, 1.807) is 12.3 Å². The normalized spacial score (nSPS) is 21.3. The van der Waals surface area contributed by atoms with Crippen molar-refractivity contribution < 1.29 is 4.79 Å². The second kappa shape index (κ2) is 4.37. The number of amides is 1. The lowest BCUT2D eigenvalue weighted by Gasteiger charge is -2.03. The summed E-state index contributed by atoms with van der Waals surface area (Å²) < 4.78 is 0. The highest BCUT2D eigenvalue weighted by Crippen LogP contribution is 2.07. The van der Waals surface area contributed by atoms with Gasteiger partial charge in [-0.3, -0.25) is 9.79 Å². The molecule has 2 aliphatic heterocycles. The lowest BCUT2D eigenvalue weighted by molar-refractivity contribution is -0.113. The van der Waals surface area contributed by atoms with Crippen molar-refractivity contribution in [2.24, 2.45) is 9.98 Å². The molecule has 3 rings (SSSR count). The van der Waals surface area contributed by atoms with Crippen molar-refractivity contribution >= 4 is 30.0 Å². The van der Waals surface area contributed by atoms with Gasteiger partial charge in [0.05, 0.1) is 11.0 Å². The third-order valence-corrected chi connectivity index (χ3v) is 2.75. The molecule has 2 heterocycles. The maximum atomic E-state index is 11.4. The number of fused-ring (bicyclic) bond motifs is 3. The van der Waals surface area contributed by atoms with E-state index in [4.69, 9.17) is 0 Å². The standard InChI is InChI=1S/C15H10N2O/c18-14-9-7-11-6-8-13-12(15(11)17-14)5-3-1-2-4-10-16-13/h1-10H/b3-1-,4-2-,12-5+,16-10?. The van der Waals surface area contributed by atoms with Crippen molar-refractivity contribution in [1.82, 2.24) is 0 Å². The number of hydrogen-bond donors (Lipinski definition) is 0. The van der Waals surface area contributed by atoms with Gasteiger partial charge in [-0.15, -0.1) is 0 Å². The van der Waals surface area contributed by atoms with E-state index in [9.17, 15) is 4.79 Å². The third kappa shape index (κ3) is 1.86. The van der Waals surface area contributed by atoms with Crippen LogP contribution >= 0.6 is 0 Å². The molecule has 0 bridgehead atoms. The smallest absolute Gasteiger partial charge is 0.267 e. The summed E-state index contributed by atoms with van der Waals surface area (Å²) in [4.78, 5) is 19.8. The third-order valence-electron chi connectivity index (χ3n) is 2.75. The second-order valence-electron chi connectivity index (χ2n) is 3.93. The van der Waals surface area contributed by atoms with Crippen LogP contribution in [-0.2, 0) is 4.79 Å². The highest BCUT2D eigenvalue weighted by Gasteiger charge is 2.06. The predicted octanol–water partition coefficient (Wildman–Crippen LogP) is 1.47. The Kier molecular flexibility index (Phi) is 2.57. The van der Waals surface area contributed by atoms with Crippen LogP contribution in [0.3, 0.4) is 0 Å². The molecular formula is C15H10N2O. The van der Waals surface area contributed by atoms with Crippen LogP contribution in [0.15, 0.2) is 52.5 Å². The molecule has 0 saturated heterocycles. The minimum absolute atomic E-state index is 0.227. The molecule has 2 aliphatic rings. The first-order valence-corrected chi connectivity index (χ1v) is 5.66. The number of hydrogen-bond acceptors (Lipinski definition) is 2. The van der Waals surface area contributed by atoms with Crippen LogP contribution in [0.1, 0.15) is 5.56 Å². The maximum Gasteiger partial charge on any atom is 0.270 e. The van der Waals surface area contributed by atoms with E-state index in [0.29, 0.717) is 5.36 Å². The van der Waals surface area contributed by atoms with Crippen LogP contribution in [0, 0.1) is 0 Å². The van der Waals surface area contributed by atoms with Crippen LogP contribution in [-0.4, -0.2) is 12.1 Å². The maximum absolute atomic E-state index is 11.4. The Morgan fingerprint density at radius 1 is 0.944 bits per heavy atom. The van der Waals surface area contributed by atoms with Crippen molar-refractivity contribution in [1.29, 1.82) is 0 Å². The monoisotopic (exact) mass is 234 g/mol. The van der Waals surface area contributed by atoms with Gasteiger partial charge in [-0.05, 0) is 18.2 Å². The average Bonchev–Trinajstić information content (AvgIpc) is 2.50. The molecular weight excluding hydrogens is 224 g/mol. The summed E-state index contributed by atoms with van der Waals surface area (Å²) in [5.74, 6) is -0.227. The van der Waals surface area contributed by atoms with Crippen molar-refractivity contribution in [2.75, 3.05) is 0 Å². The first kappa shape index (κ1) is 10.6. The van der Waals surface area contributed by atoms with Gasteiger partial charge in [-0.25, -0.2) is 4.99 Å². The van der Waals surface area contributed by atoms with Crippen molar-refractivity contribution in [3.63, 3.8) is 0 Å². The summed E-state index contributed by atoms with van der Waals surface area (Å²) in [6.07, 6.45) is 14.5. The van der Waals surface area contributed by atoms with Crippen molar-refractivity contribution in [3.05, 3.63) is 58.7 Å². The molecule has 1 amide bonds. The summed E-state index contributed by atoms with van der Waals surface area (Å²) in [7, 11) is 0.